The molecule has 0 spiro atoms. The van der Waals surface area contributed by atoms with Gasteiger partial charge in [0.05, 0.1) is 0 Å². The van der Waals surface area contributed by atoms with Gasteiger partial charge in [0.15, 0.2) is 5.76 Å². The molecule has 0 saturated heterocycles. The van der Waals surface area contributed by atoms with Gasteiger partial charge in [-0.25, -0.2) is 0 Å². The van der Waals surface area contributed by atoms with Crippen molar-refractivity contribution in [3.05, 3.63) is 66.1 Å². The van der Waals surface area contributed by atoms with E-state index >= 15 is 0 Å². The number of carbonyl (C=O) groups is 1. The van der Waals surface area contributed by atoms with E-state index in [0.29, 0.717) is 18.1 Å². The summed E-state index contributed by atoms with van der Waals surface area (Å²) in [5.41, 5.74) is 0. The molecule has 0 atom stereocenters. The van der Waals surface area contributed by atoms with Crippen LogP contribution in [-0.4, -0.2) is 25.5 Å². The first-order chi connectivity index (χ1) is 12.3. The largest absolute Gasteiger partial charge is 0.486 e. The molecule has 138 valence electrons. The van der Waals surface area contributed by atoms with E-state index in [2.05, 4.69) is 16.7 Å². The second-order valence-corrected chi connectivity index (χ2v) is 5.67. The van der Waals surface area contributed by atoms with Gasteiger partial charge in [0.1, 0.15) is 18.1 Å². The van der Waals surface area contributed by atoms with Gasteiger partial charge in [-0.3, -0.25) is 4.79 Å². The van der Waals surface area contributed by atoms with Gasteiger partial charge in [-0.1, -0.05) is 37.3 Å². The van der Waals surface area contributed by atoms with E-state index in [1.807, 2.05) is 43.3 Å². The maximum absolute atomic E-state index is 12.0. The van der Waals surface area contributed by atoms with Gasteiger partial charge in [-0.05, 0) is 41.6 Å². The smallest absolute Gasteiger partial charge is 0.287 e. The number of fused-ring (bicyclic) bond motifs is 1. The van der Waals surface area contributed by atoms with E-state index in [9.17, 15) is 4.79 Å². The standard InChI is InChI=1S/C20H22N2O3.ClH/c1-2-21-11-12-22-20(23)19-10-9-18(25-19)14-24-17-8-7-15-5-3-4-6-16(15)13-17;/h3-10,13,21H,2,11-12,14H2,1H3,(H,22,23);1H. The van der Waals surface area contributed by atoms with Gasteiger partial charge >= 0.3 is 0 Å². The van der Waals surface area contributed by atoms with Crippen LogP contribution in [0, 0.1) is 0 Å². The van der Waals surface area contributed by atoms with Crippen LogP contribution in [0.15, 0.2) is 59.0 Å². The lowest BCUT2D eigenvalue weighted by atomic mass is 10.1. The summed E-state index contributed by atoms with van der Waals surface area (Å²) < 4.78 is 11.3. The molecule has 1 heterocycles. The van der Waals surface area contributed by atoms with Gasteiger partial charge < -0.3 is 19.8 Å². The monoisotopic (exact) mass is 374 g/mol. The van der Waals surface area contributed by atoms with Gasteiger partial charge in [0, 0.05) is 13.1 Å². The second kappa shape index (κ2) is 9.85. The van der Waals surface area contributed by atoms with Crippen LogP contribution in [0.1, 0.15) is 23.2 Å². The summed E-state index contributed by atoms with van der Waals surface area (Å²) in [5.74, 6) is 1.47. The van der Waals surface area contributed by atoms with Crippen molar-refractivity contribution >= 4 is 29.1 Å². The fraction of sp³-hybridized carbons (Fsp3) is 0.250. The molecule has 0 aliphatic heterocycles. The van der Waals surface area contributed by atoms with Gasteiger partial charge in [-0.15, -0.1) is 12.4 Å². The third-order valence-corrected chi connectivity index (χ3v) is 3.82. The molecule has 0 aliphatic rings. The Labute approximate surface area is 159 Å². The molecule has 0 fully saturated rings. The average Bonchev–Trinajstić information content (AvgIpc) is 3.12. The molecule has 5 nitrogen and oxygen atoms in total. The van der Waals surface area contributed by atoms with Crippen LogP contribution in [0.2, 0.25) is 0 Å². The average molecular weight is 375 g/mol. The predicted octanol–water partition coefficient (Wildman–Crippen LogP) is 3.77. The first kappa shape index (κ1) is 19.8. The van der Waals surface area contributed by atoms with E-state index in [4.69, 9.17) is 9.15 Å². The highest BCUT2D eigenvalue weighted by Crippen LogP contribution is 2.21. The molecule has 2 aromatic carbocycles. The highest BCUT2D eigenvalue weighted by Gasteiger charge is 2.11. The van der Waals surface area contributed by atoms with Gasteiger partial charge in [0.2, 0.25) is 0 Å². The number of ether oxygens (including phenoxy) is 1. The van der Waals surface area contributed by atoms with Gasteiger partial charge in [-0.2, -0.15) is 0 Å². The third-order valence-electron chi connectivity index (χ3n) is 3.82. The van der Waals surface area contributed by atoms with Crippen LogP contribution in [0.25, 0.3) is 10.8 Å². The van der Waals surface area contributed by atoms with E-state index < -0.39 is 0 Å². The zero-order valence-electron chi connectivity index (χ0n) is 14.7. The molecule has 1 amide bonds. The van der Waals surface area contributed by atoms with Gasteiger partial charge in [0.25, 0.3) is 5.91 Å². The molecular weight excluding hydrogens is 352 g/mol. The Morgan fingerprint density at radius 1 is 1.04 bits per heavy atom. The lowest BCUT2D eigenvalue weighted by Crippen LogP contribution is -2.31. The van der Waals surface area contributed by atoms with Crippen molar-refractivity contribution in [2.45, 2.75) is 13.5 Å². The Bertz CT molecular complexity index is 848. The number of nitrogens with one attached hydrogen (secondary N) is 2. The first-order valence-electron chi connectivity index (χ1n) is 8.45. The highest BCUT2D eigenvalue weighted by atomic mass is 35.5. The summed E-state index contributed by atoms with van der Waals surface area (Å²) in [6.07, 6.45) is 0. The second-order valence-electron chi connectivity index (χ2n) is 5.67. The van der Waals surface area contributed by atoms with Crippen LogP contribution in [0.3, 0.4) is 0 Å². The highest BCUT2D eigenvalue weighted by molar-refractivity contribution is 5.91. The SMILES string of the molecule is CCNCCNC(=O)c1ccc(COc2ccc3ccccc3c2)o1.Cl. The molecule has 6 heteroatoms. The number of furan rings is 1. The first-order valence-corrected chi connectivity index (χ1v) is 8.45. The van der Waals surface area contributed by atoms with Crippen molar-refractivity contribution in [1.82, 2.24) is 10.6 Å². The minimum absolute atomic E-state index is 0. The molecule has 1 aromatic heterocycles. The molecular formula is C20H23ClN2O3. The number of likely N-dealkylation sites (N-methyl/N-ethyl adjacent to an activating group) is 1. The molecule has 2 N–H and O–H groups in total. The van der Waals surface area contributed by atoms with E-state index in [1.165, 1.54) is 5.39 Å². The summed E-state index contributed by atoms with van der Waals surface area (Å²) in [6, 6.07) is 17.5. The molecule has 26 heavy (non-hydrogen) atoms. The number of carbonyl (C=O) groups excluding carboxylic acids is 1. The third kappa shape index (κ3) is 5.25. The topological polar surface area (TPSA) is 63.5 Å². The molecule has 0 aliphatic carbocycles. The number of hydrogen-bond acceptors (Lipinski definition) is 4. The summed E-state index contributed by atoms with van der Waals surface area (Å²) in [5, 5.41) is 8.25. The molecule has 3 aromatic rings. The van der Waals surface area contributed by atoms with Crippen LogP contribution in [0.4, 0.5) is 0 Å². The van der Waals surface area contributed by atoms with E-state index in [1.54, 1.807) is 12.1 Å². The van der Waals surface area contributed by atoms with E-state index in [0.717, 1.165) is 24.2 Å². The normalized spacial score (nSPS) is 10.3. The van der Waals surface area contributed by atoms with Crippen molar-refractivity contribution in [3.63, 3.8) is 0 Å². The van der Waals surface area contributed by atoms with Crippen molar-refractivity contribution in [2.24, 2.45) is 0 Å². The summed E-state index contributed by atoms with van der Waals surface area (Å²) in [4.78, 5) is 12.0. The fourth-order valence-electron chi connectivity index (χ4n) is 2.52. The Kier molecular flexibility index (Phi) is 7.51. The van der Waals surface area contributed by atoms with Crippen molar-refractivity contribution in [2.75, 3.05) is 19.6 Å². The predicted molar refractivity (Wildman–Crippen MR) is 105 cm³/mol. The van der Waals surface area contributed by atoms with E-state index in [-0.39, 0.29) is 24.9 Å². The summed E-state index contributed by atoms with van der Waals surface area (Å²) in [7, 11) is 0. The summed E-state index contributed by atoms with van der Waals surface area (Å²) >= 11 is 0. The minimum atomic E-state index is -0.213. The maximum Gasteiger partial charge on any atom is 0.287 e. The number of amides is 1. The molecule has 0 unspecified atom stereocenters. The Hall–Kier alpha value is -2.50. The zero-order valence-corrected chi connectivity index (χ0v) is 15.5. The minimum Gasteiger partial charge on any atom is -0.486 e. The van der Waals surface area contributed by atoms with Crippen LogP contribution >= 0.6 is 12.4 Å². The van der Waals surface area contributed by atoms with Crippen LogP contribution in [-0.2, 0) is 6.61 Å². The van der Waals surface area contributed by atoms with Crippen LogP contribution in [0.5, 0.6) is 5.75 Å². The molecule has 0 radical (unpaired) electrons. The lowest BCUT2D eigenvalue weighted by molar-refractivity contribution is 0.0922. The fourth-order valence-corrected chi connectivity index (χ4v) is 2.52. The maximum atomic E-state index is 12.0. The van der Waals surface area contributed by atoms with Crippen molar-refractivity contribution < 1.29 is 13.9 Å². The number of benzene rings is 2. The van der Waals surface area contributed by atoms with Crippen LogP contribution < -0.4 is 15.4 Å². The van der Waals surface area contributed by atoms with Crippen molar-refractivity contribution in [3.8, 4) is 5.75 Å². The Balaban J connectivity index is 0.00000243. The lowest BCUT2D eigenvalue weighted by Gasteiger charge is -2.06. The summed E-state index contributed by atoms with van der Waals surface area (Å²) in [6.45, 7) is 4.49. The Morgan fingerprint density at radius 3 is 2.65 bits per heavy atom. The molecule has 0 bridgehead atoms. The quantitative estimate of drug-likeness (QED) is 0.589. The molecule has 0 saturated carbocycles. The molecule has 3 rings (SSSR count). The Morgan fingerprint density at radius 2 is 1.85 bits per heavy atom. The number of hydrogen-bond donors (Lipinski definition) is 2. The number of rotatable bonds is 8. The van der Waals surface area contributed by atoms with Crippen molar-refractivity contribution in [1.29, 1.82) is 0 Å². The zero-order chi connectivity index (χ0) is 17.5. The number of halogens is 1.